The first-order valence-corrected chi connectivity index (χ1v) is 16.8. The number of phenolic OH excluding ortho intramolecular Hbond substituents is 6. The van der Waals surface area contributed by atoms with Crippen LogP contribution in [0.1, 0.15) is 60.6 Å². The summed E-state index contributed by atoms with van der Waals surface area (Å²) in [5.41, 5.74) is 0.591. The van der Waals surface area contributed by atoms with E-state index < -0.39 is 54.2 Å². The summed E-state index contributed by atoms with van der Waals surface area (Å²) in [6.07, 6.45) is -1.75. The molecule has 0 unspecified atom stereocenters. The van der Waals surface area contributed by atoms with Gasteiger partial charge in [0.15, 0.2) is 46.6 Å². The Balaban J connectivity index is 1.19. The number of amides is 3. The summed E-state index contributed by atoms with van der Waals surface area (Å²) < 4.78 is 11.9. The van der Waals surface area contributed by atoms with Gasteiger partial charge < -0.3 is 66.3 Å². The monoisotopic (exact) mass is 711 g/mol. The zero-order chi connectivity index (χ0) is 36.8. The Bertz CT molecular complexity index is 1740. The number of phenols is 6. The predicted molar refractivity (Wildman–Crippen MR) is 178 cm³/mol. The van der Waals surface area contributed by atoms with Crippen LogP contribution in [0, 0.1) is 0 Å². The van der Waals surface area contributed by atoms with Crippen molar-refractivity contribution in [1.82, 2.24) is 15.5 Å². The summed E-state index contributed by atoms with van der Waals surface area (Å²) in [7, 11) is 0. The number of rotatable bonds is 13. The predicted octanol–water partition coefficient (Wildman–Crippen LogP) is -0.526. The maximum atomic E-state index is 13.9. The molecule has 2 fully saturated rings. The van der Waals surface area contributed by atoms with Gasteiger partial charge in [-0.3, -0.25) is 14.4 Å². The van der Waals surface area contributed by atoms with Crippen LogP contribution in [0.4, 0.5) is 0 Å². The van der Waals surface area contributed by atoms with Crippen molar-refractivity contribution in [3.63, 3.8) is 0 Å². The normalized spacial score (nSPS) is 22.8. The lowest BCUT2D eigenvalue weighted by atomic mass is 10.1. The van der Waals surface area contributed by atoms with Crippen molar-refractivity contribution in [3.05, 3.63) is 71.3 Å². The summed E-state index contributed by atoms with van der Waals surface area (Å²) in [6.45, 7) is 4.35. The van der Waals surface area contributed by atoms with Gasteiger partial charge in [0.05, 0.1) is 16.7 Å². The number of hydrogen-bond donors (Lipinski definition) is 10. The first-order valence-electron chi connectivity index (χ1n) is 16.8. The molecule has 5 rings (SSSR count). The average Bonchev–Trinajstić information content (AvgIpc) is 3.69. The summed E-state index contributed by atoms with van der Waals surface area (Å²) in [5, 5.41) is 69.2. The van der Waals surface area contributed by atoms with Gasteiger partial charge in [-0.15, -0.1) is 0 Å². The van der Waals surface area contributed by atoms with Crippen LogP contribution in [0.25, 0.3) is 0 Å². The molecule has 2 saturated heterocycles. The van der Waals surface area contributed by atoms with Crippen molar-refractivity contribution in [2.45, 2.75) is 63.4 Å². The average molecular weight is 712 g/mol. The first kappa shape index (κ1) is 37.0. The maximum Gasteiger partial charge on any atom is 0.283 e. The van der Waals surface area contributed by atoms with Crippen LogP contribution < -0.4 is 21.3 Å². The van der Waals surface area contributed by atoms with Crippen LogP contribution in [0.2, 0.25) is 0 Å². The highest BCUT2D eigenvalue weighted by atomic mass is 16.5. The quantitative estimate of drug-likeness (QED) is 0.0797. The van der Waals surface area contributed by atoms with Gasteiger partial charge in [0.25, 0.3) is 17.7 Å². The highest BCUT2D eigenvalue weighted by Gasteiger charge is 2.45. The number of para-hydroxylation sites is 3. The Morgan fingerprint density at radius 1 is 0.667 bits per heavy atom. The largest absolute Gasteiger partial charge is 0.504 e. The molecule has 0 bridgehead atoms. The molecule has 16 heteroatoms. The van der Waals surface area contributed by atoms with E-state index in [0.717, 1.165) is 0 Å². The van der Waals surface area contributed by atoms with Crippen molar-refractivity contribution in [2.24, 2.45) is 0 Å². The molecule has 0 aromatic heterocycles. The molecule has 12 N–H and O–H groups in total. The van der Waals surface area contributed by atoms with E-state index in [2.05, 4.69) is 10.6 Å². The number of nitrogens with zero attached hydrogens (tertiary/aromatic N) is 1. The SMILES string of the molecule is C[C@H]1O[C@@H](c2cccc(O)c2O)[NH2+][C@@H]1C(=O)NCCCN(CCCNC(=O)c1cccc(O)c1O)C(=O)[C@H]1[NH2+][C@H](c2cccc(O)c2O)O[C@@H]1C. The first-order chi connectivity index (χ1) is 24.4. The van der Waals surface area contributed by atoms with E-state index >= 15 is 0 Å². The van der Waals surface area contributed by atoms with E-state index in [4.69, 9.17) is 9.47 Å². The van der Waals surface area contributed by atoms with E-state index in [1.54, 1.807) is 53.6 Å². The molecule has 51 heavy (non-hydrogen) atoms. The number of nitrogens with one attached hydrogen (secondary N) is 2. The molecular formula is C35H45N5O11+2. The van der Waals surface area contributed by atoms with E-state index in [1.165, 1.54) is 30.3 Å². The lowest BCUT2D eigenvalue weighted by Gasteiger charge is -2.25. The molecule has 16 nitrogen and oxygen atoms in total. The number of nitrogens with two attached hydrogens (primary N) is 2. The number of quaternary nitrogens is 2. The number of benzene rings is 3. The van der Waals surface area contributed by atoms with Gasteiger partial charge in [-0.05, 0) is 63.1 Å². The van der Waals surface area contributed by atoms with Crippen LogP contribution in [-0.2, 0) is 19.1 Å². The molecular weight excluding hydrogens is 666 g/mol. The third-order valence-corrected chi connectivity index (χ3v) is 9.16. The van der Waals surface area contributed by atoms with Gasteiger partial charge in [-0.25, -0.2) is 0 Å². The Kier molecular flexibility index (Phi) is 11.7. The Hall–Kier alpha value is -5.29. The number of carbonyl (C=O) groups is 3. The van der Waals surface area contributed by atoms with Crippen molar-refractivity contribution in [2.75, 3.05) is 26.2 Å². The van der Waals surface area contributed by atoms with Gasteiger partial charge >= 0.3 is 0 Å². The Morgan fingerprint density at radius 2 is 1.14 bits per heavy atom. The van der Waals surface area contributed by atoms with Crippen LogP contribution in [-0.4, -0.2) is 104 Å². The molecule has 0 spiro atoms. The zero-order valence-corrected chi connectivity index (χ0v) is 28.2. The van der Waals surface area contributed by atoms with Gasteiger partial charge in [0, 0.05) is 26.2 Å². The topological polar surface area (TPSA) is 252 Å². The summed E-state index contributed by atoms with van der Waals surface area (Å²) in [6, 6.07) is 11.8. The Labute approximate surface area is 293 Å². The molecule has 0 radical (unpaired) electrons. The molecule has 2 heterocycles. The third-order valence-electron chi connectivity index (χ3n) is 9.16. The van der Waals surface area contributed by atoms with Crippen LogP contribution >= 0.6 is 0 Å². The fourth-order valence-electron chi connectivity index (χ4n) is 6.33. The van der Waals surface area contributed by atoms with Crippen molar-refractivity contribution in [1.29, 1.82) is 0 Å². The molecule has 2 aliphatic rings. The van der Waals surface area contributed by atoms with Gasteiger partial charge in [-0.1, -0.05) is 18.2 Å². The molecule has 2 aliphatic heterocycles. The fourth-order valence-corrected chi connectivity index (χ4v) is 6.33. The minimum absolute atomic E-state index is 0.0873. The standard InChI is InChI=1S/C35H43N5O11/c1-18-26(38-33(50-18)21-9-4-12-24(42)29(21)45)32(48)37-15-7-17-40(16-6-14-36-31(47)20-8-3-11-23(41)28(20)44)35(49)27-19(2)51-34(39-27)22-10-5-13-25(43)30(22)46/h3-5,8-13,18-19,26-27,33-34,38-39,41-46H,6-7,14-17H2,1-2H3,(H,36,47)(H,37,48)/p+2/t18-,19-,26+,27+,33+,34+/m1/s1. The van der Waals surface area contributed by atoms with Gasteiger partial charge in [-0.2, -0.15) is 0 Å². The van der Waals surface area contributed by atoms with Crippen molar-refractivity contribution < 1.29 is 65.1 Å². The van der Waals surface area contributed by atoms with Crippen LogP contribution in [0.5, 0.6) is 34.5 Å². The van der Waals surface area contributed by atoms with Crippen molar-refractivity contribution >= 4 is 17.7 Å². The second-order valence-corrected chi connectivity index (χ2v) is 12.6. The highest BCUT2D eigenvalue weighted by molar-refractivity contribution is 5.97. The molecule has 0 aliphatic carbocycles. The van der Waals surface area contributed by atoms with Gasteiger partial charge in [0.1, 0.15) is 12.2 Å². The van der Waals surface area contributed by atoms with Gasteiger partial charge in [0.2, 0.25) is 12.5 Å². The molecule has 3 amide bonds. The smallest absolute Gasteiger partial charge is 0.283 e. The van der Waals surface area contributed by atoms with Crippen molar-refractivity contribution in [3.8, 4) is 34.5 Å². The maximum absolute atomic E-state index is 13.9. The second-order valence-electron chi connectivity index (χ2n) is 12.6. The van der Waals surface area contributed by atoms with Crippen LogP contribution in [0.15, 0.2) is 54.6 Å². The number of carbonyl (C=O) groups excluding carboxylic acids is 3. The molecule has 6 atom stereocenters. The molecule has 3 aromatic carbocycles. The van der Waals surface area contributed by atoms with E-state index in [0.29, 0.717) is 24.0 Å². The minimum Gasteiger partial charge on any atom is -0.504 e. The van der Waals surface area contributed by atoms with E-state index in [9.17, 15) is 45.0 Å². The van der Waals surface area contributed by atoms with Crippen LogP contribution in [0.3, 0.4) is 0 Å². The highest BCUT2D eigenvalue weighted by Crippen LogP contribution is 2.35. The molecule has 0 saturated carbocycles. The zero-order valence-electron chi connectivity index (χ0n) is 28.2. The second kappa shape index (κ2) is 16.2. The molecule has 274 valence electrons. The summed E-state index contributed by atoms with van der Waals surface area (Å²) in [5.74, 6) is -3.32. The molecule has 3 aromatic rings. The third kappa shape index (κ3) is 8.37. The number of hydrogen-bond acceptors (Lipinski definition) is 11. The number of aromatic hydroxyl groups is 6. The Morgan fingerprint density at radius 3 is 1.71 bits per heavy atom. The minimum atomic E-state index is -0.742. The summed E-state index contributed by atoms with van der Waals surface area (Å²) >= 11 is 0. The number of ether oxygens (including phenoxy) is 2. The lowest BCUT2D eigenvalue weighted by molar-refractivity contribution is -0.716. The lowest BCUT2D eigenvalue weighted by Crippen LogP contribution is -2.91. The fraction of sp³-hybridized carbons (Fsp3) is 0.400. The van der Waals surface area contributed by atoms with E-state index in [1.807, 2.05) is 0 Å². The van der Waals surface area contributed by atoms with E-state index in [-0.39, 0.29) is 66.6 Å². The summed E-state index contributed by atoms with van der Waals surface area (Å²) in [4.78, 5) is 41.3.